The first-order chi connectivity index (χ1) is 12.5. The third-order valence-electron chi connectivity index (χ3n) is 3.97. The van der Waals surface area contributed by atoms with E-state index in [1.165, 1.54) is 4.90 Å². The highest BCUT2D eigenvalue weighted by Crippen LogP contribution is 2.36. The Kier molecular flexibility index (Phi) is 6.09. The summed E-state index contributed by atoms with van der Waals surface area (Å²) in [5.41, 5.74) is 2.03. The Balaban J connectivity index is 1.81. The Bertz CT molecular complexity index is 884. The van der Waals surface area contributed by atoms with Crippen LogP contribution in [0.3, 0.4) is 0 Å². The molecule has 0 fully saturated rings. The lowest BCUT2D eigenvalue weighted by Gasteiger charge is -2.16. The molecule has 0 spiro atoms. The molecular formula is C21H20ClNO2S. The van der Waals surface area contributed by atoms with Crippen molar-refractivity contribution < 1.29 is 10.2 Å². The lowest BCUT2D eigenvalue weighted by atomic mass is 10.1. The molecule has 3 rings (SSSR count). The van der Waals surface area contributed by atoms with E-state index in [9.17, 15) is 10.2 Å². The van der Waals surface area contributed by atoms with Crippen LogP contribution in [0.2, 0.25) is 5.02 Å². The van der Waals surface area contributed by atoms with Crippen molar-refractivity contribution in [3.8, 4) is 5.75 Å². The van der Waals surface area contributed by atoms with Crippen LogP contribution in [0.5, 0.6) is 5.75 Å². The number of aliphatic hydroxyl groups excluding tert-OH is 1. The number of aliphatic hydroxyl groups is 1. The van der Waals surface area contributed by atoms with Gasteiger partial charge in [-0.2, -0.15) is 0 Å². The molecule has 1 atom stereocenters. The standard InChI is InChI=1S/C21H20ClNO2S/c1-14(24)18-11-16(22)12-19(21(18)25)23-13-15-7-5-6-10-20(15)26-17-8-3-2-4-9-17/h2-12,14,23-25H,13H2,1H3. The SMILES string of the molecule is CC(O)c1cc(Cl)cc(NCc2ccccc2Sc2ccccc2)c1O. The van der Waals surface area contributed by atoms with Crippen molar-refractivity contribution >= 4 is 29.1 Å². The van der Waals surface area contributed by atoms with Crippen LogP contribution in [0.15, 0.2) is 76.5 Å². The van der Waals surface area contributed by atoms with Gasteiger partial charge in [0.1, 0.15) is 5.75 Å². The Morgan fingerprint density at radius 3 is 2.46 bits per heavy atom. The van der Waals surface area contributed by atoms with Crippen LogP contribution in [0.4, 0.5) is 5.69 Å². The molecule has 0 bridgehead atoms. The minimum atomic E-state index is -0.796. The van der Waals surface area contributed by atoms with Gasteiger partial charge in [0.25, 0.3) is 0 Å². The second-order valence-electron chi connectivity index (χ2n) is 5.94. The molecule has 0 saturated carbocycles. The monoisotopic (exact) mass is 385 g/mol. The van der Waals surface area contributed by atoms with Crippen LogP contribution in [-0.4, -0.2) is 10.2 Å². The summed E-state index contributed by atoms with van der Waals surface area (Å²) in [4.78, 5) is 2.31. The zero-order valence-electron chi connectivity index (χ0n) is 14.3. The minimum Gasteiger partial charge on any atom is -0.505 e. The van der Waals surface area contributed by atoms with E-state index in [0.29, 0.717) is 22.8 Å². The number of halogens is 1. The lowest BCUT2D eigenvalue weighted by molar-refractivity contribution is 0.195. The second-order valence-corrected chi connectivity index (χ2v) is 7.50. The van der Waals surface area contributed by atoms with Gasteiger partial charge in [-0.1, -0.05) is 59.8 Å². The zero-order valence-corrected chi connectivity index (χ0v) is 15.9. The van der Waals surface area contributed by atoms with E-state index in [0.717, 1.165) is 10.5 Å². The molecule has 134 valence electrons. The average molecular weight is 386 g/mol. The van der Waals surface area contributed by atoms with E-state index in [1.54, 1.807) is 30.8 Å². The quantitative estimate of drug-likeness (QED) is 0.465. The fraction of sp³-hybridized carbons (Fsp3) is 0.143. The van der Waals surface area contributed by atoms with E-state index in [4.69, 9.17) is 11.6 Å². The topological polar surface area (TPSA) is 52.5 Å². The van der Waals surface area contributed by atoms with Crippen molar-refractivity contribution in [3.05, 3.63) is 82.9 Å². The highest BCUT2D eigenvalue weighted by molar-refractivity contribution is 7.99. The average Bonchev–Trinajstić information content (AvgIpc) is 2.64. The fourth-order valence-corrected chi connectivity index (χ4v) is 3.82. The first-order valence-corrected chi connectivity index (χ1v) is 9.49. The van der Waals surface area contributed by atoms with E-state index < -0.39 is 6.10 Å². The maximum atomic E-state index is 10.4. The normalized spacial score (nSPS) is 12.0. The molecule has 0 saturated heterocycles. The summed E-state index contributed by atoms with van der Waals surface area (Å²) in [6.45, 7) is 2.13. The molecule has 3 N–H and O–H groups in total. The van der Waals surface area contributed by atoms with Crippen molar-refractivity contribution in [1.29, 1.82) is 0 Å². The highest BCUT2D eigenvalue weighted by Gasteiger charge is 2.14. The number of hydrogen-bond donors (Lipinski definition) is 3. The number of benzene rings is 3. The Morgan fingerprint density at radius 1 is 1.04 bits per heavy atom. The number of nitrogens with one attached hydrogen (secondary N) is 1. The largest absolute Gasteiger partial charge is 0.505 e. The maximum Gasteiger partial charge on any atom is 0.144 e. The molecule has 3 nitrogen and oxygen atoms in total. The van der Waals surface area contributed by atoms with Gasteiger partial charge in [0.2, 0.25) is 0 Å². The van der Waals surface area contributed by atoms with E-state index in [2.05, 4.69) is 29.6 Å². The number of phenolic OH excluding ortho intramolecular Hbond substituents is 1. The first-order valence-electron chi connectivity index (χ1n) is 8.29. The summed E-state index contributed by atoms with van der Waals surface area (Å²) >= 11 is 7.82. The highest BCUT2D eigenvalue weighted by atomic mass is 35.5. The van der Waals surface area contributed by atoms with Gasteiger partial charge in [-0.25, -0.2) is 0 Å². The van der Waals surface area contributed by atoms with Gasteiger partial charge in [-0.3, -0.25) is 0 Å². The van der Waals surface area contributed by atoms with Crippen LogP contribution in [0, 0.1) is 0 Å². The van der Waals surface area contributed by atoms with Crippen molar-refractivity contribution in [2.75, 3.05) is 5.32 Å². The second kappa shape index (κ2) is 8.49. The van der Waals surface area contributed by atoms with Crippen LogP contribution < -0.4 is 5.32 Å². The number of rotatable bonds is 6. The number of aromatic hydroxyl groups is 1. The molecule has 0 radical (unpaired) electrons. The molecule has 3 aromatic rings. The summed E-state index contributed by atoms with van der Waals surface area (Å²) in [7, 11) is 0. The van der Waals surface area contributed by atoms with Crippen molar-refractivity contribution in [3.63, 3.8) is 0 Å². The van der Waals surface area contributed by atoms with Crippen molar-refractivity contribution in [2.45, 2.75) is 29.4 Å². The summed E-state index contributed by atoms with van der Waals surface area (Å²) < 4.78 is 0. The molecule has 3 aromatic carbocycles. The van der Waals surface area contributed by atoms with Crippen LogP contribution in [-0.2, 0) is 6.54 Å². The number of anilines is 1. The zero-order chi connectivity index (χ0) is 18.5. The predicted molar refractivity (Wildman–Crippen MR) is 108 cm³/mol. The molecular weight excluding hydrogens is 366 g/mol. The predicted octanol–water partition coefficient (Wildman–Crippen LogP) is 5.86. The molecule has 5 heteroatoms. The van der Waals surface area contributed by atoms with Gasteiger partial charge >= 0.3 is 0 Å². The maximum absolute atomic E-state index is 10.4. The van der Waals surface area contributed by atoms with Gasteiger partial charge < -0.3 is 15.5 Å². The third kappa shape index (κ3) is 4.52. The Labute approximate surface area is 162 Å². The van der Waals surface area contributed by atoms with Crippen molar-refractivity contribution in [1.82, 2.24) is 0 Å². The Morgan fingerprint density at radius 2 is 1.73 bits per heavy atom. The molecule has 0 aliphatic heterocycles. The van der Waals surface area contributed by atoms with Gasteiger partial charge in [-0.15, -0.1) is 0 Å². The summed E-state index contributed by atoms with van der Waals surface area (Å²) in [5, 5.41) is 23.9. The number of phenols is 1. The molecule has 0 aliphatic rings. The van der Waals surface area contributed by atoms with E-state index in [1.807, 2.05) is 30.3 Å². The smallest absolute Gasteiger partial charge is 0.144 e. The minimum absolute atomic E-state index is 0.0255. The Hall–Kier alpha value is -2.14. The number of hydrogen-bond acceptors (Lipinski definition) is 4. The van der Waals surface area contributed by atoms with Crippen molar-refractivity contribution in [2.24, 2.45) is 0 Å². The van der Waals surface area contributed by atoms with Gasteiger partial charge in [0.15, 0.2) is 0 Å². The lowest BCUT2D eigenvalue weighted by Crippen LogP contribution is -2.03. The first kappa shape index (κ1) is 18.6. The van der Waals surface area contributed by atoms with E-state index in [-0.39, 0.29) is 5.75 Å². The molecule has 0 aliphatic carbocycles. The van der Waals surface area contributed by atoms with E-state index >= 15 is 0 Å². The van der Waals surface area contributed by atoms with Crippen LogP contribution in [0.1, 0.15) is 24.2 Å². The molecule has 0 amide bonds. The fourth-order valence-electron chi connectivity index (χ4n) is 2.63. The third-order valence-corrected chi connectivity index (χ3v) is 5.31. The van der Waals surface area contributed by atoms with Gasteiger partial charge in [0.05, 0.1) is 11.8 Å². The van der Waals surface area contributed by atoms with Crippen LogP contribution >= 0.6 is 23.4 Å². The molecule has 1 unspecified atom stereocenters. The van der Waals surface area contributed by atoms with Gasteiger partial charge in [0, 0.05) is 26.9 Å². The molecule has 0 heterocycles. The summed E-state index contributed by atoms with van der Waals surface area (Å²) in [6, 6.07) is 21.6. The summed E-state index contributed by atoms with van der Waals surface area (Å²) in [5.74, 6) is 0.0255. The van der Waals surface area contributed by atoms with Crippen LogP contribution in [0.25, 0.3) is 0 Å². The molecule has 26 heavy (non-hydrogen) atoms. The molecule has 0 aromatic heterocycles. The summed E-state index contributed by atoms with van der Waals surface area (Å²) in [6.07, 6.45) is -0.796. The van der Waals surface area contributed by atoms with Gasteiger partial charge in [-0.05, 0) is 42.8 Å².